The van der Waals surface area contributed by atoms with Crippen LogP contribution in [0.15, 0.2) is 18.2 Å². The van der Waals surface area contributed by atoms with Crippen molar-refractivity contribution in [2.24, 2.45) is 0 Å². The van der Waals surface area contributed by atoms with Gasteiger partial charge in [0.1, 0.15) is 0 Å². The van der Waals surface area contributed by atoms with Crippen LogP contribution in [0.3, 0.4) is 0 Å². The van der Waals surface area contributed by atoms with Gasteiger partial charge in [0.2, 0.25) is 0 Å². The maximum absolute atomic E-state index is 11.1. The summed E-state index contributed by atoms with van der Waals surface area (Å²) in [5.74, 6) is -0.449. The van der Waals surface area contributed by atoms with Gasteiger partial charge in [0.15, 0.2) is 0 Å². The van der Waals surface area contributed by atoms with Crippen molar-refractivity contribution in [2.45, 2.75) is 18.8 Å². The van der Waals surface area contributed by atoms with Crippen molar-refractivity contribution in [3.63, 3.8) is 0 Å². The van der Waals surface area contributed by atoms with Crippen LogP contribution in [0.1, 0.15) is 34.8 Å². The fourth-order valence-corrected chi connectivity index (χ4v) is 2.46. The van der Waals surface area contributed by atoms with Gasteiger partial charge in [0, 0.05) is 22.5 Å². The average Bonchev–Trinajstić information content (AvgIpc) is 3.04. The highest BCUT2D eigenvalue weighted by molar-refractivity contribution is 6.37. The number of halogens is 1. The Hall–Kier alpha value is -1.48. The molecule has 1 aliphatic rings. The lowest BCUT2D eigenvalue weighted by Crippen LogP contribution is -1.96. The van der Waals surface area contributed by atoms with Gasteiger partial charge in [-0.05, 0) is 25.0 Å². The molecule has 1 heterocycles. The van der Waals surface area contributed by atoms with E-state index in [2.05, 4.69) is 4.98 Å². The molecule has 0 spiro atoms. The molecule has 0 unspecified atom stereocenters. The standard InChI is InChI=1S/C12H10ClNO2/c13-10-9-7(12(15)16)2-1-3-8(9)14-11(10)6-4-5-6/h1-3,6,14H,4-5H2,(H,15,16). The quantitative estimate of drug-likeness (QED) is 0.838. The first-order valence-corrected chi connectivity index (χ1v) is 5.59. The molecule has 82 valence electrons. The Bertz CT molecular complexity index is 584. The van der Waals surface area contributed by atoms with Crippen LogP contribution in [-0.4, -0.2) is 16.1 Å². The Balaban J connectivity index is 2.33. The maximum atomic E-state index is 11.1. The molecule has 1 aromatic carbocycles. The first kappa shape index (κ1) is 9.73. The number of carbonyl (C=O) groups is 1. The average molecular weight is 236 g/mol. The van der Waals surface area contributed by atoms with Crippen LogP contribution in [0, 0.1) is 0 Å². The summed E-state index contributed by atoms with van der Waals surface area (Å²) in [4.78, 5) is 14.3. The van der Waals surface area contributed by atoms with E-state index in [1.807, 2.05) is 6.07 Å². The molecule has 1 saturated carbocycles. The van der Waals surface area contributed by atoms with E-state index in [0.29, 0.717) is 16.3 Å². The highest BCUT2D eigenvalue weighted by Gasteiger charge is 2.29. The summed E-state index contributed by atoms with van der Waals surface area (Å²) in [6.45, 7) is 0. The van der Waals surface area contributed by atoms with Crippen molar-refractivity contribution in [3.8, 4) is 0 Å². The molecule has 0 radical (unpaired) electrons. The van der Waals surface area contributed by atoms with E-state index in [4.69, 9.17) is 16.7 Å². The van der Waals surface area contributed by atoms with Crippen molar-refractivity contribution >= 4 is 28.5 Å². The number of aromatic amines is 1. The molecule has 0 bridgehead atoms. The van der Waals surface area contributed by atoms with Gasteiger partial charge in [-0.3, -0.25) is 0 Å². The summed E-state index contributed by atoms with van der Waals surface area (Å²) in [5, 5.41) is 10.3. The van der Waals surface area contributed by atoms with E-state index in [0.717, 1.165) is 24.1 Å². The number of carboxylic acids is 1. The third kappa shape index (κ3) is 1.32. The highest BCUT2D eigenvalue weighted by Crippen LogP contribution is 2.45. The summed E-state index contributed by atoms with van der Waals surface area (Å²) >= 11 is 6.25. The summed E-state index contributed by atoms with van der Waals surface area (Å²) < 4.78 is 0. The molecule has 1 fully saturated rings. The Labute approximate surface area is 97.0 Å². The second kappa shape index (κ2) is 3.25. The van der Waals surface area contributed by atoms with Gasteiger partial charge < -0.3 is 10.1 Å². The number of carboxylic acid groups (broad SMARTS) is 1. The monoisotopic (exact) mass is 235 g/mol. The van der Waals surface area contributed by atoms with E-state index >= 15 is 0 Å². The zero-order valence-electron chi connectivity index (χ0n) is 8.46. The Morgan fingerprint density at radius 3 is 2.81 bits per heavy atom. The molecule has 0 saturated heterocycles. The largest absolute Gasteiger partial charge is 0.478 e. The van der Waals surface area contributed by atoms with Crippen LogP contribution < -0.4 is 0 Å². The normalized spacial score (nSPS) is 15.6. The van der Waals surface area contributed by atoms with Crippen molar-refractivity contribution < 1.29 is 9.90 Å². The predicted octanol–water partition coefficient (Wildman–Crippen LogP) is 3.40. The Morgan fingerprint density at radius 1 is 1.44 bits per heavy atom. The minimum Gasteiger partial charge on any atom is -0.478 e. The fourth-order valence-electron chi connectivity index (χ4n) is 2.06. The van der Waals surface area contributed by atoms with Gasteiger partial charge in [-0.1, -0.05) is 17.7 Å². The molecule has 2 aromatic rings. The van der Waals surface area contributed by atoms with E-state index in [9.17, 15) is 4.79 Å². The van der Waals surface area contributed by atoms with E-state index in [-0.39, 0.29) is 5.56 Å². The van der Waals surface area contributed by atoms with Crippen LogP contribution in [0.4, 0.5) is 0 Å². The zero-order valence-corrected chi connectivity index (χ0v) is 9.21. The third-order valence-corrected chi connectivity index (χ3v) is 3.40. The summed E-state index contributed by atoms with van der Waals surface area (Å²) in [6, 6.07) is 5.18. The first-order valence-electron chi connectivity index (χ1n) is 5.22. The molecular weight excluding hydrogens is 226 g/mol. The lowest BCUT2D eigenvalue weighted by molar-refractivity contribution is 0.0699. The van der Waals surface area contributed by atoms with Crippen LogP contribution in [0.5, 0.6) is 0 Å². The molecule has 0 aliphatic heterocycles. The van der Waals surface area contributed by atoms with Crippen LogP contribution in [0.25, 0.3) is 10.9 Å². The number of hydrogen-bond acceptors (Lipinski definition) is 1. The van der Waals surface area contributed by atoms with E-state index < -0.39 is 5.97 Å². The van der Waals surface area contributed by atoms with Gasteiger partial charge in [-0.2, -0.15) is 0 Å². The van der Waals surface area contributed by atoms with Crippen molar-refractivity contribution in [1.82, 2.24) is 4.98 Å². The number of rotatable bonds is 2. The minimum absolute atomic E-state index is 0.269. The molecular formula is C12H10ClNO2. The minimum atomic E-state index is -0.936. The molecule has 0 atom stereocenters. The number of aromatic nitrogens is 1. The second-order valence-electron chi connectivity index (χ2n) is 4.16. The van der Waals surface area contributed by atoms with Crippen LogP contribution in [-0.2, 0) is 0 Å². The number of fused-ring (bicyclic) bond motifs is 1. The topological polar surface area (TPSA) is 53.1 Å². The number of hydrogen-bond donors (Lipinski definition) is 2. The molecule has 3 nitrogen and oxygen atoms in total. The zero-order chi connectivity index (χ0) is 11.3. The van der Waals surface area contributed by atoms with Crippen molar-refractivity contribution in [1.29, 1.82) is 0 Å². The molecule has 0 amide bonds. The molecule has 4 heteroatoms. The molecule has 16 heavy (non-hydrogen) atoms. The number of H-pyrrole nitrogens is 1. The Kier molecular flexibility index (Phi) is 1.98. The van der Waals surface area contributed by atoms with Gasteiger partial charge in [0.05, 0.1) is 10.6 Å². The van der Waals surface area contributed by atoms with E-state index in [1.165, 1.54) is 0 Å². The van der Waals surface area contributed by atoms with E-state index in [1.54, 1.807) is 12.1 Å². The summed E-state index contributed by atoms with van der Waals surface area (Å²) in [5.41, 5.74) is 2.07. The number of aromatic carboxylic acids is 1. The molecule has 2 N–H and O–H groups in total. The third-order valence-electron chi connectivity index (χ3n) is 3.01. The van der Waals surface area contributed by atoms with Gasteiger partial charge in [-0.15, -0.1) is 0 Å². The lowest BCUT2D eigenvalue weighted by Gasteiger charge is -1.97. The highest BCUT2D eigenvalue weighted by atomic mass is 35.5. The lowest BCUT2D eigenvalue weighted by atomic mass is 10.1. The summed E-state index contributed by atoms with van der Waals surface area (Å²) in [7, 11) is 0. The van der Waals surface area contributed by atoms with Gasteiger partial charge >= 0.3 is 5.97 Å². The first-order chi connectivity index (χ1) is 7.68. The van der Waals surface area contributed by atoms with Crippen LogP contribution in [0.2, 0.25) is 5.02 Å². The SMILES string of the molecule is O=C(O)c1cccc2[nH]c(C3CC3)c(Cl)c12. The van der Waals surface area contributed by atoms with Crippen molar-refractivity contribution in [3.05, 3.63) is 34.5 Å². The van der Waals surface area contributed by atoms with Crippen LogP contribution >= 0.6 is 11.6 Å². The maximum Gasteiger partial charge on any atom is 0.336 e. The smallest absolute Gasteiger partial charge is 0.336 e. The summed E-state index contributed by atoms with van der Waals surface area (Å²) in [6.07, 6.45) is 2.27. The predicted molar refractivity (Wildman–Crippen MR) is 62.2 cm³/mol. The number of nitrogens with one attached hydrogen (secondary N) is 1. The molecule has 3 rings (SSSR count). The van der Waals surface area contributed by atoms with Gasteiger partial charge in [0.25, 0.3) is 0 Å². The number of benzene rings is 1. The fraction of sp³-hybridized carbons (Fsp3) is 0.250. The van der Waals surface area contributed by atoms with Crippen molar-refractivity contribution in [2.75, 3.05) is 0 Å². The second-order valence-corrected chi connectivity index (χ2v) is 4.54. The Morgan fingerprint density at radius 2 is 2.19 bits per heavy atom. The molecule has 1 aromatic heterocycles. The molecule has 1 aliphatic carbocycles. The van der Waals surface area contributed by atoms with Gasteiger partial charge in [-0.25, -0.2) is 4.79 Å².